The van der Waals surface area contributed by atoms with Crippen LogP contribution in [0.25, 0.3) is 0 Å². The Morgan fingerprint density at radius 3 is 2.40 bits per heavy atom. The average Bonchev–Trinajstić information content (AvgIpc) is 2.96. The predicted octanol–water partition coefficient (Wildman–Crippen LogP) is 2.75. The van der Waals surface area contributed by atoms with Crippen LogP contribution in [0.2, 0.25) is 0 Å². The van der Waals surface area contributed by atoms with Gasteiger partial charge in [-0.25, -0.2) is 0 Å². The minimum absolute atomic E-state index is 0.213. The van der Waals surface area contributed by atoms with Crippen LogP contribution in [-0.2, 0) is 4.79 Å². The summed E-state index contributed by atoms with van der Waals surface area (Å²) in [5.41, 5.74) is 0. The van der Waals surface area contributed by atoms with Crippen LogP contribution >= 0.6 is 0 Å². The highest BCUT2D eigenvalue weighted by Gasteiger charge is 2.24. The lowest BCUT2D eigenvalue weighted by atomic mass is 10.2. The summed E-state index contributed by atoms with van der Waals surface area (Å²) >= 11 is 0. The van der Waals surface area contributed by atoms with Crippen LogP contribution in [0.3, 0.4) is 0 Å². The predicted molar refractivity (Wildman–Crippen MR) is 86.9 cm³/mol. The quantitative estimate of drug-likeness (QED) is 0.817. The SMILES string of the molecule is CC.CC.CCCN(C)C(=O)CCN1CCC[C@H]1CO. The molecule has 4 nitrogen and oxygen atoms in total. The summed E-state index contributed by atoms with van der Waals surface area (Å²) in [6, 6.07) is 0.282. The van der Waals surface area contributed by atoms with E-state index >= 15 is 0 Å². The van der Waals surface area contributed by atoms with Gasteiger partial charge >= 0.3 is 0 Å². The molecule has 4 heteroatoms. The summed E-state index contributed by atoms with van der Waals surface area (Å²) in [6.07, 6.45) is 3.79. The third kappa shape index (κ3) is 8.54. The van der Waals surface area contributed by atoms with Crippen LogP contribution in [0.4, 0.5) is 0 Å². The topological polar surface area (TPSA) is 43.8 Å². The molecule has 0 spiro atoms. The second-order valence-electron chi connectivity index (χ2n) is 4.58. The van der Waals surface area contributed by atoms with Crippen molar-refractivity contribution in [2.75, 3.05) is 33.3 Å². The molecule has 1 N–H and O–H groups in total. The van der Waals surface area contributed by atoms with E-state index in [1.165, 1.54) is 0 Å². The molecule has 1 aliphatic rings. The number of carbonyl (C=O) groups is 1. The van der Waals surface area contributed by atoms with Crippen molar-refractivity contribution in [3.05, 3.63) is 0 Å². The summed E-state index contributed by atoms with van der Waals surface area (Å²) in [4.78, 5) is 15.8. The van der Waals surface area contributed by atoms with Gasteiger partial charge in [-0.2, -0.15) is 0 Å². The first-order valence-corrected chi connectivity index (χ1v) is 8.28. The van der Waals surface area contributed by atoms with E-state index in [2.05, 4.69) is 11.8 Å². The van der Waals surface area contributed by atoms with Crippen molar-refractivity contribution in [1.29, 1.82) is 0 Å². The van der Waals surface area contributed by atoms with Gasteiger partial charge < -0.3 is 10.0 Å². The number of nitrogens with zero attached hydrogens (tertiary/aromatic N) is 2. The molecule has 1 atom stereocenters. The second-order valence-corrected chi connectivity index (χ2v) is 4.58. The maximum Gasteiger partial charge on any atom is 0.223 e. The fourth-order valence-corrected chi connectivity index (χ4v) is 2.29. The molecule has 0 unspecified atom stereocenters. The fraction of sp³-hybridized carbons (Fsp3) is 0.938. The van der Waals surface area contributed by atoms with Crippen molar-refractivity contribution in [3.8, 4) is 0 Å². The van der Waals surface area contributed by atoms with E-state index in [9.17, 15) is 4.79 Å². The Bertz CT molecular complexity index is 223. The molecule has 0 radical (unpaired) electrons. The Hall–Kier alpha value is -0.610. The van der Waals surface area contributed by atoms with Gasteiger partial charge in [0.05, 0.1) is 6.61 Å². The number of hydrogen-bond acceptors (Lipinski definition) is 3. The molecule has 0 saturated carbocycles. The zero-order valence-electron chi connectivity index (χ0n) is 14.5. The zero-order valence-corrected chi connectivity index (χ0v) is 14.5. The van der Waals surface area contributed by atoms with Crippen molar-refractivity contribution in [3.63, 3.8) is 0 Å². The molecule has 0 aliphatic carbocycles. The van der Waals surface area contributed by atoms with Gasteiger partial charge in [-0.05, 0) is 25.8 Å². The Morgan fingerprint density at radius 1 is 1.30 bits per heavy atom. The third-order valence-electron chi connectivity index (χ3n) is 3.31. The van der Waals surface area contributed by atoms with E-state index < -0.39 is 0 Å². The van der Waals surface area contributed by atoms with E-state index in [1.807, 2.05) is 34.7 Å². The van der Waals surface area contributed by atoms with Gasteiger partial charge in [0.25, 0.3) is 0 Å². The highest BCUT2D eigenvalue weighted by atomic mass is 16.3. The van der Waals surface area contributed by atoms with E-state index in [1.54, 1.807) is 4.90 Å². The Kier molecular flexibility index (Phi) is 16.0. The molecule has 0 aromatic heterocycles. The van der Waals surface area contributed by atoms with Crippen LogP contribution in [0.5, 0.6) is 0 Å². The lowest BCUT2D eigenvalue weighted by Gasteiger charge is -2.23. The molecule has 0 bridgehead atoms. The smallest absolute Gasteiger partial charge is 0.223 e. The number of carbonyl (C=O) groups excluding carboxylic acids is 1. The van der Waals surface area contributed by atoms with Gasteiger partial charge in [0.2, 0.25) is 5.91 Å². The zero-order chi connectivity index (χ0) is 16.0. The third-order valence-corrected chi connectivity index (χ3v) is 3.31. The lowest BCUT2D eigenvalue weighted by Crippen LogP contribution is -2.36. The highest BCUT2D eigenvalue weighted by molar-refractivity contribution is 5.76. The van der Waals surface area contributed by atoms with Gasteiger partial charge in [0.15, 0.2) is 0 Å². The molecule has 0 aromatic rings. The van der Waals surface area contributed by atoms with Crippen LogP contribution in [-0.4, -0.2) is 60.1 Å². The minimum atomic E-state index is 0.213. The summed E-state index contributed by atoms with van der Waals surface area (Å²) in [5, 5.41) is 9.16. The lowest BCUT2D eigenvalue weighted by molar-refractivity contribution is -0.130. The molecule has 1 aliphatic heterocycles. The van der Waals surface area contributed by atoms with Crippen molar-refractivity contribution >= 4 is 5.91 Å². The average molecular weight is 288 g/mol. The van der Waals surface area contributed by atoms with Crippen LogP contribution in [0.15, 0.2) is 0 Å². The first kappa shape index (κ1) is 21.7. The maximum absolute atomic E-state index is 11.7. The van der Waals surface area contributed by atoms with E-state index in [0.29, 0.717) is 6.42 Å². The highest BCUT2D eigenvalue weighted by Crippen LogP contribution is 2.16. The summed E-state index contributed by atoms with van der Waals surface area (Å²) in [6.45, 7) is 12.9. The maximum atomic E-state index is 11.7. The Balaban J connectivity index is 0. The number of amides is 1. The summed E-state index contributed by atoms with van der Waals surface area (Å²) in [5.74, 6) is 0.213. The number of likely N-dealkylation sites (tertiary alicyclic amines) is 1. The van der Waals surface area contributed by atoms with Gasteiger partial charge in [0, 0.05) is 32.6 Å². The molecular formula is C16H36N2O2. The molecular weight excluding hydrogens is 252 g/mol. The van der Waals surface area contributed by atoms with Crippen molar-refractivity contribution in [2.24, 2.45) is 0 Å². The monoisotopic (exact) mass is 288 g/mol. The van der Waals surface area contributed by atoms with Gasteiger partial charge in [-0.15, -0.1) is 0 Å². The van der Waals surface area contributed by atoms with Gasteiger partial charge in [-0.1, -0.05) is 34.6 Å². The van der Waals surface area contributed by atoms with E-state index in [4.69, 9.17) is 5.11 Å². The molecule has 1 saturated heterocycles. The molecule has 1 rings (SSSR count). The van der Waals surface area contributed by atoms with Crippen LogP contribution in [0.1, 0.15) is 60.3 Å². The normalized spacial score (nSPS) is 17.6. The van der Waals surface area contributed by atoms with Crippen LogP contribution < -0.4 is 0 Å². The standard InChI is InChI=1S/C12H24N2O2.2C2H6/c1-3-7-13(2)12(16)6-9-14-8-4-5-11(14)10-15;2*1-2/h11,15H,3-10H2,1-2H3;2*1-2H3/t11-;;/m0../s1. The molecule has 122 valence electrons. The molecule has 1 heterocycles. The number of aliphatic hydroxyl groups excluding tert-OH is 1. The molecule has 20 heavy (non-hydrogen) atoms. The first-order chi connectivity index (χ1) is 9.69. The van der Waals surface area contributed by atoms with Crippen molar-refractivity contribution < 1.29 is 9.90 Å². The van der Waals surface area contributed by atoms with Gasteiger partial charge in [-0.3, -0.25) is 9.69 Å². The van der Waals surface area contributed by atoms with Gasteiger partial charge in [0.1, 0.15) is 0 Å². The molecule has 0 aromatic carbocycles. The summed E-state index contributed by atoms with van der Waals surface area (Å²) < 4.78 is 0. The van der Waals surface area contributed by atoms with Crippen LogP contribution in [0, 0.1) is 0 Å². The number of rotatable bonds is 6. The Labute approximate surface area is 126 Å². The van der Waals surface area contributed by atoms with E-state index in [0.717, 1.165) is 38.9 Å². The minimum Gasteiger partial charge on any atom is -0.395 e. The second kappa shape index (κ2) is 14.8. The van der Waals surface area contributed by atoms with E-state index in [-0.39, 0.29) is 18.6 Å². The fourth-order valence-electron chi connectivity index (χ4n) is 2.29. The Morgan fingerprint density at radius 2 is 1.90 bits per heavy atom. The van der Waals surface area contributed by atoms with Crippen molar-refractivity contribution in [2.45, 2.75) is 66.3 Å². The summed E-state index contributed by atoms with van der Waals surface area (Å²) in [7, 11) is 1.86. The number of aliphatic hydroxyl groups is 1. The largest absolute Gasteiger partial charge is 0.395 e. The van der Waals surface area contributed by atoms with Crippen molar-refractivity contribution in [1.82, 2.24) is 9.80 Å². The molecule has 1 fully saturated rings. The number of hydrogen-bond donors (Lipinski definition) is 1. The molecule has 1 amide bonds. The first-order valence-electron chi connectivity index (χ1n) is 8.28.